The van der Waals surface area contributed by atoms with Crippen molar-refractivity contribution in [2.24, 2.45) is 0 Å². The number of hydrogen-bond donors (Lipinski definition) is 1. The number of amides is 1. The Morgan fingerprint density at radius 3 is 3.10 bits per heavy atom. The number of nitrogens with zero attached hydrogens (tertiary/aromatic N) is 2. The lowest BCUT2D eigenvalue weighted by molar-refractivity contribution is 0.0916. The second kappa shape index (κ2) is 5.99. The highest BCUT2D eigenvalue weighted by atomic mass is 16.5. The normalized spacial score (nSPS) is 13.3. The van der Waals surface area contributed by atoms with Gasteiger partial charge in [0.15, 0.2) is 0 Å². The average molecular weight is 285 g/mol. The molecule has 0 radical (unpaired) electrons. The van der Waals surface area contributed by atoms with Crippen LogP contribution in [0.2, 0.25) is 0 Å². The van der Waals surface area contributed by atoms with Crippen LogP contribution in [0, 0.1) is 6.92 Å². The summed E-state index contributed by atoms with van der Waals surface area (Å²) >= 11 is 0. The summed E-state index contributed by atoms with van der Waals surface area (Å²) < 4.78 is 4.93. The van der Waals surface area contributed by atoms with Crippen molar-refractivity contribution in [1.29, 1.82) is 0 Å². The Bertz CT molecular complexity index is 636. The molecule has 0 unspecified atom stereocenters. The van der Waals surface area contributed by atoms with E-state index in [1.165, 1.54) is 11.3 Å². The van der Waals surface area contributed by atoms with E-state index in [0.29, 0.717) is 12.2 Å². The summed E-state index contributed by atoms with van der Waals surface area (Å²) in [5.41, 5.74) is 3.46. The highest BCUT2D eigenvalue weighted by Crippen LogP contribution is 2.27. The Morgan fingerprint density at radius 2 is 2.29 bits per heavy atom. The third-order valence-electron chi connectivity index (χ3n) is 3.73. The first kappa shape index (κ1) is 13.7. The van der Waals surface area contributed by atoms with Crippen molar-refractivity contribution in [2.45, 2.75) is 19.8 Å². The van der Waals surface area contributed by atoms with Gasteiger partial charge in [0, 0.05) is 31.4 Å². The standard InChI is InChI=1S/C16H19N3O2/c1-12-11-15(21-18-12)16(20)17-8-4-9-19-10-7-13-5-2-3-6-14(13)19/h2-3,5-6,11H,4,7-10H2,1H3,(H,17,20). The average Bonchev–Trinajstić information content (AvgIpc) is 3.10. The number of anilines is 1. The molecule has 1 aromatic carbocycles. The molecule has 2 heterocycles. The molecule has 0 saturated heterocycles. The van der Waals surface area contributed by atoms with Crippen LogP contribution in [-0.2, 0) is 6.42 Å². The smallest absolute Gasteiger partial charge is 0.289 e. The Balaban J connectivity index is 1.44. The Kier molecular flexibility index (Phi) is 3.90. The molecule has 110 valence electrons. The third-order valence-corrected chi connectivity index (χ3v) is 3.73. The molecule has 0 atom stereocenters. The maximum absolute atomic E-state index is 11.8. The van der Waals surface area contributed by atoms with E-state index in [1.54, 1.807) is 13.0 Å². The number of rotatable bonds is 5. The lowest BCUT2D eigenvalue weighted by Crippen LogP contribution is -2.29. The minimum Gasteiger partial charge on any atom is -0.371 e. The van der Waals surface area contributed by atoms with E-state index in [2.05, 4.69) is 39.6 Å². The molecule has 0 bridgehead atoms. The van der Waals surface area contributed by atoms with Crippen molar-refractivity contribution in [2.75, 3.05) is 24.5 Å². The van der Waals surface area contributed by atoms with Gasteiger partial charge in [-0.2, -0.15) is 0 Å². The van der Waals surface area contributed by atoms with Crippen molar-refractivity contribution >= 4 is 11.6 Å². The minimum atomic E-state index is -0.197. The van der Waals surface area contributed by atoms with Gasteiger partial charge in [-0.05, 0) is 31.4 Å². The summed E-state index contributed by atoms with van der Waals surface area (Å²) in [6.07, 6.45) is 2.02. The first-order valence-corrected chi connectivity index (χ1v) is 7.28. The van der Waals surface area contributed by atoms with Crippen molar-refractivity contribution in [3.63, 3.8) is 0 Å². The van der Waals surface area contributed by atoms with Gasteiger partial charge in [0.05, 0.1) is 5.69 Å². The summed E-state index contributed by atoms with van der Waals surface area (Å²) in [5.74, 6) is 0.0800. The maximum Gasteiger partial charge on any atom is 0.289 e. The zero-order valence-corrected chi connectivity index (χ0v) is 12.1. The van der Waals surface area contributed by atoms with Gasteiger partial charge in [0.2, 0.25) is 5.76 Å². The molecule has 0 fully saturated rings. The van der Waals surface area contributed by atoms with Crippen LogP contribution < -0.4 is 10.2 Å². The SMILES string of the molecule is Cc1cc(C(=O)NCCCN2CCc3ccccc32)on1. The second-order valence-corrected chi connectivity index (χ2v) is 5.31. The number of benzene rings is 1. The number of carbonyl (C=O) groups excluding carboxylic acids is 1. The highest BCUT2D eigenvalue weighted by molar-refractivity contribution is 5.91. The van der Waals surface area contributed by atoms with E-state index in [1.807, 2.05) is 0 Å². The predicted octanol–water partition coefficient (Wildman–Crippen LogP) is 2.17. The van der Waals surface area contributed by atoms with Crippen LogP contribution in [0.4, 0.5) is 5.69 Å². The van der Waals surface area contributed by atoms with E-state index < -0.39 is 0 Å². The fourth-order valence-electron chi connectivity index (χ4n) is 2.67. The largest absolute Gasteiger partial charge is 0.371 e. The Hall–Kier alpha value is -2.30. The van der Waals surface area contributed by atoms with E-state index in [4.69, 9.17) is 4.52 Å². The van der Waals surface area contributed by atoms with Gasteiger partial charge in [-0.1, -0.05) is 23.4 Å². The molecule has 3 rings (SSSR count). The molecule has 1 amide bonds. The predicted molar refractivity (Wildman–Crippen MR) is 80.5 cm³/mol. The molecule has 1 aromatic heterocycles. The van der Waals surface area contributed by atoms with Crippen LogP contribution in [0.3, 0.4) is 0 Å². The molecule has 5 heteroatoms. The summed E-state index contributed by atoms with van der Waals surface area (Å²) in [4.78, 5) is 14.2. The molecule has 1 aliphatic heterocycles. The monoisotopic (exact) mass is 285 g/mol. The van der Waals surface area contributed by atoms with Crippen LogP contribution in [0.25, 0.3) is 0 Å². The van der Waals surface area contributed by atoms with Crippen LogP contribution in [0.15, 0.2) is 34.9 Å². The zero-order chi connectivity index (χ0) is 14.7. The number of nitrogens with one attached hydrogen (secondary N) is 1. The quantitative estimate of drug-likeness (QED) is 0.855. The fourth-order valence-corrected chi connectivity index (χ4v) is 2.67. The zero-order valence-electron chi connectivity index (χ0n) is 12.1. The van der Waals surface area contributed by atoms with E-state index in [9.17, 15) is 4.79 Å². The van der Waals surface area contributed by atoms with E-state index in [-0.39, 0.29) is 11.7 Å². The molecule has 1 aliphatic rings. The Morgan fingerprint density at radius 1 is 1.43 bits per heavy atom. The molecule has 0 saturated carbocycles. The summed E-state index contributed by atoms with van der Waals surface area (Å²) in [7, 11) is 0. The molecule has 0 spiro atoms. The fraction of sp³-hybridized carbons (Fsp3) is 0.375. The number of carbonyl (C=O) groups is 1. The van der Waals surface area contributed by atoms with Gasteiger partial charge in [-0.25, -0.2) is 0 Å². The van der Waals surface area contributed by atoms with Crippen molar-refractivity contribution in [3.05, 3.63) is 47.3 Å². The Labute approximate surface area is 123 Å². The summed E-state index contributed by atoms with van der Waals surface area (Å²) in [6.45, 7) is 4.45. The number of hydrogen-bond acceptors (Lipinski definition) is 4. The maximum atomic E-state index is 11.8. The van der Waals surface area contributed by atoms with Crippen LogP contribution in [0.1, 0.15) is 28.2 Å². The third kappa shape index (κ3) is 3.07. The van der Waals surface area contributed by atoms with Gasteiger partial charge >= 0.3 is 0 Å². The molecule has 5 nitrogen and oxygen atoms in total. The number of fused-ring (bicyclic) bond motifs is 1. The van der Waals surface area contributed by atoms with Gasteiger partial charge in [-0.15, -0.1) is 0 Å². The number of aryl methyl sites for hydroxylation is 1. The van der Waals surface area contributed by atoms with Crippen LogP contribution in [-0.4, -0.2) is 30.7 Å². The van der Waals surface area contributed by atoms with Gasteiger partial charge < -0.3 is 14.7 Å². The number of aromatic nitrogens is 1. The lowest BCUT2D eigenvalue weighted by Gasteiger charge is -2.19. The molecule has 2 aromatic rings. The summed E-state index contributed by atoms with van der Waals surface area (Å²) in [5, 5.41) is 6.57. The second-order valence-electron chi connectivity index (χ2n) is 5.31. The van der Waals surface area contributed by atoms with Crippen molar-refractivity contribution in [3.8, 4) is 0 Å². The van der Waals surface area contributed by atoms with Crippen LogP contribution >= 0.6 is 0 Å². The topological polar surface area (TPSA) is 58.4 Å². The van der Waals surface area contributed by atoms with Gasteiger partial charge in [0.25, 0.3) is 5.91 Å². The van der Waals surface area contributed by atoms with Crippen molar-refractivity contribution < 1.29 is 9.32 Å². The lowest BCUT2D eigenvalue weighted by atomic mass is 10.2. The van der Waals surface area contributed by atoms with Crippen molar-refractivity contribution in [1.82, 2.24) is 10.5 Å². The van der Waals surface area contributed by atoms with Gasteiger partial charge in [0.1, 0.15) is 0 Å². The number of para-hydroxylation sites is 1. The molecule has 21 heavy (non-hydrogen) atoms. The van der Waals surface area contributed by atoms with E-state index in [0.717, 1.165) is 25.9 Å². The molecule has 0 aliphatic carbocycles. The summed E-state index contributed by atoms with van der Waals surface area (Å²) in [6, 6.07) is 10.2. The van der Waals surface area contributed by atoms with Crippen LogP contribution in [0.5, 0.6) is 0 Å². The van der Waals surface area contributed by atoms with Gasteiger partial charge in [-0.3, -0.25) is 4.79 Å². The highest BCUT2D eigenvalue weighted by Gasteiger charge is 2.17. The first-order valence-electron chi connectivity index (χ1n) is 7.28. The molecular weight excluding hydrogens is 266 g/mol. The first-order chi connectivity index (χ1) is 10.2. The van der Waals surface area contributed by atoms with E-state index >= 15 is 0 Å². The molecular formula is C16H19N3O2. The minimum absolute atomic E-state index is 0.197. The molecule has 1 N–H and O–H groups in total.